The molecule has 0 saturated heterocycles. The molecular weight excluding hydrogens is 184 g/mol. The Morgan fingerprint density at radius 1 is 1.57 bits per heavy atom. The Morgan fingerprint density at radius 2 is 2.43 bits per heavy atom. The van der Waals surface area contributed by atoms with Crippen LogP contribution in [0, 0.1) is 6.92 Å². The highest BCUT2D eigenvalue weighted by molar-refractivity contribution is 5.07. The zero-order valence-corrected chi connectivity index (χ0v) is 7.71. The summed E-state index contributed by atoms with van der Waals surface area (Å²) < 4.78 is 6.30. The second kappa shape index (κ2) is 3.54. The van der Waals surface area contributed by atoms with Crippen LogP contribution in [-0.4, -0.2) is 25.1 Å². The highest BCUT2D eigenvalue weighted by atomic mass is 16.5. The van der Waals surface area contributed by atoms with Crippen molar-refractivity contribution in [2.75, 3.05) is 0 Å². The molecule has 0 atom stereocenters. The minimum atomic E-state index is 0.387. The Balaban J connectivity index is 2.21. The Labute approximate surface area is 79.9 Å². The Hall–Kier alpha value is -1.76. The lowest BCUT2D eigenvalue weighted by molar-refractivity contribution is 0.406. The number of hydrogen-bond acceptors (Lipinski definition) is 6. The van der Waals surface area contributed by atoms with Gasteiger partial charge >= 0.3 is 0 Å². The largest absolute Gasteiger partial charge is 0.343 e. The Kier molecular flexibility index (Phi) is 2.23. The van der Waals surface area contributed by atoms with Gasteiger partial charge in [0.2, 0.25) is 6.39 Å². The van der Waals surface area contributed by atoms with E-state index >= 15 is 0 Å². The molecule has 2 aromatic heterocycles. The summed E-state index contributed by atoms with van der Waals surface area (Å²) in [5.74, 6) is 0.571. The van der Waals surface area contributed by atoms with Gasteiger partial charge in [0.05, 0.1) is 11.4 Å². The molecule has 7 heteroatoms. The van der Waals surface area contributed by atoms with Crippen molar-refractivity contribution in [3.8, 4) is 0 Å². The molecule has 0 unspecified atom stereocenters. The molecule has 2 N–H and O–H groups in total. The third-order valence-corrected chi connectivity index (χ3v) is 1.97. The van der Waals surface area contributed by atoms with Crippen LogP contribution in [0.25, 0.3) is 0 Å². The van der Waals surface area contributed by atoms with Gasteiger partial charge in [-0.15, -0.1) is 5.10 Å². The van der Waals surface area contributed by atoms with E-state index in [0.717, 1.165) is 11.4 Å². The van der Waals surface area contributed by atoms with E-state index in [4.69, 9.17) is 5.73 Å². The van der Waals surface area contributed by atoms with Gasteiger partial charge in [-0.05, 0) is 6.92 Å². The van der Waals surface area contributed by atoms with Crippen molar-refractivity contribution >= 4 is 0 Å². The maximum Gasteiger partial charge on any atom is 0.213 e. The Morgan fingerprint density at radius 3 is 3.00 bits per heavy atom. The van der Waals surface area contributed by atoms with E-state index in [0.29, 0.717) is 18.9 Å². The average molecular weight is 194 g/mol. The summed E-state index contributed by atoms with van der Waals surface area (Å²) >= 11 is 0. The van der Waals surface area contributed by atoms with Gasteiger partial charge in [0, 0.05) is 6.54 Å². The fourth-order valence-corrected chi connectivity index (χ4v) is 1.13. The number of nitrogens with zero attached hydrogens (tertiary/aromatic N) is 5. The van der Waals surface area contributed by atoms with Gasteiger partial charge in [0.1, 0.15) is 6.54 Å². The average Bonchev–Trinajstić information content (AvgIpc) is 2.79. The lowest BCUT2D eigenvalue weighted by atomic mass is 10.3. The molecule has 7 nitrogen and oxygen atoms in total. The first-order valence-corrected chi connectivity index (χ1v) is 4.15. The molecule has 74 valence electrons. The minimum Gasteiger partial charge on any atom is -0.343 e. The van der Waals surface area contributed by atoms with Gasteiger partial charge in [-0.3, -0.25) is 0 Å². The summed E-state index contributed by atoms with van der Waals surface area (Å²) in [7, 11) is 0. The molecule has 0 aliphatic heterocycles. The number of nitrogens with two attached hydrogens (primary N) is 1. The standard InChI is InChI=1S/C7H10N6O/c1-5-6(2-8)10-12-13(5)3-7-9-4-14-11-7/h4H,2-3,8H2,1H3. The molecular formula is C7H10N6O. The summed E-state index contributed by atoms with van der Waals surface area (Å²) in [5.41, 5.74) is 7.19. The van der Waals surface area contributed by atoms with E-state index in [2.05, 4.69) is 25.0 Å². The smallest absolute Gasteiger partial charge is 0.213 e. The molecule has 0 fully saturated rings. The molecule has 2 aromatic rings. The third kappa shape index (κ3) is 1.49. The summed E-state index contributed by atoms with van der Waals surface area (Å²) in [6.07, 6.45) is 1.28. The number of aromatic nitrogens is 5. The summed E-state index contributed by atoms with van der Waals surface area (Å²) in [5, 5.41) is 11.5. The highest BCUT2D eigenvalue weighted by Gasteiger charge is 2.08. The van der Waals surface area contributed by atoms with E-state index in [9.17, 15) is 0 Å². The van der Waals surface area contributed by atoms with Crippen LogP contribution in [0.4, 0.5) is 0 Å². The second-order valence-electron chi connectivity index (χ2n) is 2.83. The molecule has 0 aromatic carbocycles. The van der Waals surface area contributed by atoms with E-state index in [1.54, 1.807) is 4.68 Å². The SMILES string of the molecule is Cc1c(CN)nnn1Cc1ncon1. The van der Waals surface area contributed by atoms with Crippen LogP contribution in [0.15, 0.2) is 10.9 Å². The lowest BCUT2D eigenvalue weighted by Crippen LogP contribution is -2.06. The molecule has 0 aliphatic rings. The monoisotopic (exact) mass is 194 g/mol. The summed E-state index contributed by atoms with van der Waals surface area (Å²) in [6.45, 7) is 2.75. The van der Waals surface area contributed by atoms with Crippen molar-refractivity contribution in [1.82, 2.24) is 25.1 Å². The van der Waals surface area contributed by atoms with Crippen molar-refractivity contribution < 1.29 is 4.52 Å². The first-order chi connectivity index (χ1) is 6.81. The topological polar surface area (TPSA) is 95.7 Å². The molecule has 0 spiro atoms. The first kappa shape index (κ1) is 8.82. The lowest BCUT2D eigenvalue weighted by Gasteiger charge is -1.98. The normalized spacial score (nSPS) is 10.7. The van der Waals surface area contributed by atoms with E-state index in [-0.39, 0.29) is 0 Å². The van der Waals surface area contributed by atoms with Crippen LogP contribution < -0.4 is 5.73 Å². The van der Waals surface area contributed by atoms with Crippen molar-refractivity contribution in [2.24, 2.45) is 5.73 Å². The van der Waals surface area contributed by atoms with Crippen LogP contribution in [0.2, 0.25) is 0 Å². The number of rotatable bonds is 3. The van der Waals surface area contributed by atoms with Crippen LogP contribution in [0.1, 0.15) is 17.2 Å². The second-order valence-corrected chi connectivity index (χ2v) is 2.83. The van der Waals surface area contributed by atoms with Crippen molar-refractivity contribution in [3.05, 3.63) is 23.6 Å². The maximum atomic E-state index is 5.47. The number of hydrogen-bond donors (Lipinski definition) is 1. The predicted octanol–water partition coefficient (Wildman–Crippen LogP) is -0.523. The highest BCUT2D eigenvalue weighted by Crippen LogP contribution is 2.03. The maximum absolute atomic E-state index is 5.47. The predicted molar refractivity (Wildman–Crippen MR) is 46.1 cm³/mol. The zero-order chi connectivity index (χ0) is 9.97. The van der Waals surface area contributed by atoms with Gasteiger partial charge in [-0.25, -0.2) is 4.68 Å². The van der Waals surface area contributed by atoms with Gasteiger partial charge < -0.3 is 10.3 Å². The fourth-order valence-electron chi connectivity index (χ4n) is 1.13. The first-order valence-electron chi connectivity index (χ1n) is 4.15. The molecule has 2 rings (SSSR count). The summed E-state index contributed by atoms with van der Waals surface area (Å²) in [4.78, 5) is 3.89. The van der Waals surface area contributed by atoms with Gasteiger partial charge in [-0.1, -0.05) is 10.4 Å². The molecule has 0 radical (unpaired) electrons. The molecule has 0 aliphatic carbocycles. The summed E-state index contributed by atoms with van der Waals surface area (Å²) in [6, 6.07) is 0. The van der Waals surface area contributed by atoms with Gasteiger partial charge in [0.25, 0.3) is 0 Å². The van der Waals surface area contributed by atoms with E-state index in [1.807, 2.05) is 6.92 Å². The fraction of sp³-hybridized carbons (Fsp3) is 0.429. The quantitative estimate of drug-likeness (QED) is 0.706. The molecule has 0 bridgehead atoms. The molecule has 2 heterocycles. The zero-order valence-electron chi connectivity index (χ0n) is 7.71. The van der Waals surface area contributed by atoms with Crippen LogP contribution >= 0.6 is 0 Å². The van der Waals surface area contributed by atoms with Crippen LogP contribution in [-0.2, 0) is 13.1 Å². The van der Waals surface area contributed by atoms with Crippen molar-refractivity contribution in [3.63, 3.8) is 0 Å². The van der Waals surface area contributed by atoms with Crippen molar-refractivity contribution in [1.29, 1.82) is 0 Å². The minimum absolute atomic E-state index is 0.387. The van der Waals surface area contributed by atoms with Crippen LogP contribution in [0.5, 0.6) is 0 Å². The van der Waals surface area contributed by atoms with Crippen LogP contribution in [0.3, 0.4) is 0 Å². The Bertz CT molecular complexity index is 406. The van der Waals surface area contributed by atoms with E-state index in [1.165, 1.54) is 6.39 Å². The van der Waals surface area contributed by atoms with Gasteiger partial charge in [0.15, 0.2) is 5.82 Å². The molecule has 0 amide bonds. The van der Waals surface area contributed by atoms with E-state index < -0.39 is 0 Å². The molecule has 14 heavy (non-hydrogen) atoms. The van der Waals surface area contributed by atoms with Gasteiger partial charge in [-0.2, -0.15) is 4.98 Å². The molecule has 0 saturated carbocycles. The van der Waals surface area contributed by atoms with Crippen molar-refractivity contribution in [2.45, 2.75) is 20.0 Å². The third-order valence-electron chi connectivity index (χ3n) is 1.97.